The Morgan fingerprint density at radius 1 is 1.00 bits per heavy atom. The van der Waals surface area contributed by atoms with Gasteiger partial charge in [-0.25, -0.2) is 9.59 Å². The molecule has 0 aliphatic heterocycles. The van der Waals surface area contributed by atoms with Crippen LogP contribution in [-0.2, 0) is 11.3 Å². The Morgan fingerprint density at radius 3 is 2.31 bits per heavy atom. The summed E-state index contributed by atoms with van der Waals surface area (Å²) in [6, 6.07) is 14.5. The number of hydrogen-bond acceptors (Lipinski definition) is 3. The second kappa shape index (κ2) is 9.46. The highest BCUT2D eigenvalue weighted by Gasteiger charge is 2.07. The van der Waals surface area contributed by atoms with Crippen molar-refractivity contribution in [2.45, 2.75) is 27.3 Å². The van der Waals surface area contributed by atoms with Gasteiger partial charge < -0.3 is 15.4 Å². The van der Waals surface area contributed by atoms with Gasteiger partial charge in [0.2, 0.25) is 0 Å². The van der Waals surface area contributed by atoms with E-state index in [0.717, 1.165) is 5.56 Å². The quantitative estimate of drug-likeness (QED) is 0.713. The Bertz CT molecular complexity index is 742. The van der Waals surface area contributed by atoms with Crippen LogP contribution in [0.2, 0.25) is 0 Å². The molecule has 2 rings (SSSR count). The van der Waals surface area contributed by atoms with Gasteiger partial charge in [0, 0.05) is 17.9 Å². The average Bonchev–Trinajstić information content (AvgIpc) is 2.60. The number of carbonyl (C=O) groups is 2. The van der Waals surface area contributed by atoms with Gasteiger partial charge >= 0.3 is 12.1 Å². The third kappa shape index (κ3) is 6.84. The van der Waals surface area contributed by atoms with Crippen LogP contribution < -0.4 is 16.0 Å². The van der Waals surface area contributed by atoms with Crippen molar-refractivity contribution in [2.24, 2.45) is 5.92 Å². The van der Waals surface area contributed by atoms with Gasteiger partial charge in [0.15, 0.2) is 0 Å². The molecule has 6 nitrogen and oxygen atoms in total. The standard InChI is InChI=1S/C20H25N3O3/c1-14(2)13-26-20(25)23-18-6-4-5-17(11-18)22-19(24)21-12-16-9-7-15(3)8-10-16/h4-11,14H,12-13H2,1-3H3,(H,23,25)(H2,21,22,24). The molecule has 0 aliphatic carbocycles. The zero-order valence-electron chi connectivity index (χ0n) is 15.3. The Hall–Kier alpha value is -3.02. The van der Waals surface area contributed by atoms with Crippen LogP contribution in [0.25, 0.3) is 0 Å². The van der Waals surface area contributed by atoms with E-state index < -0.39 is 6.09 Å². The number of aryl methyl sites for hydroxylation is 1. The molecule has 0 aliphatic rings. The van der Waals surface area contributed by atoms with Crippen LogP contribution in [-0.4, -0.2) is 18.7 Å². The summed E-state index contributed by atoms with van der Waals surface area (Å²) in [7, 11) is 0. The fraction of sp³-hybridized carbons (Fsp3) is 0.300. The van der Waals surface area contributed by atoms with Crippen LogP contribution in [0.3, 0.4) is 0 Å². The first-order valence-corrected chi connectivity index (χ1v) is 8.56. The molecule has 0 saturated carbocycles. The van der Waals surface area contributed by atoms with E-state index in [0.29, 0.717) is 24.5 Å². The Kier molecular flexibility index (Phi) is 7.02. The number of ether oxygens (including phenoxy) is 1. The number of anilines is 2. The molecule has 0 aromatic heterocycles. The molecular weight excluding hydrogens is 330 g/mol. The van der Waals surface area contributed by atoms with Crippen molar-refractivity contribution in [1.29, 1.82) is 0 Å². The zero-order chi connectivity index (χ0) is 18.9. The highest BCUT2D eigenvalue weighted by Crippen LogP contribution is 2.15. The van der Waals surface area contributed by atoms with E-state index in [4.69, 9.17) is 4.74 Å². The van der Waals surface area contributed by atoms with Crippen molar-refractivity contribution < 1.29 is 14.3 Å². The molecule has 0 saturated heterocycles. The molecule has 0 unspecified atom stereocenters. The maximum absolute atomic E-state index is 12.0. The molecule has 0 radical (unpaired) electrons. The second-order valence-electron chi connectivity index (χ2n) is 6.49. The van der Waals surface area contributed by atoms with Gasteiger partial charge in [-0.2, -0.15) is 0 Å². The van der Waals surface area contributed by atoms with Gasteiger partial charge in [-0.05, 0) is 36.6 Å². The van der Waals surface area contributed by atoms with Crippen molar-refractivity contribution in [3.8, 4) is 0 Å². The van der Waals surface area contributed by atoms with Crippen molar-refractivity contribution in [1.82, 2.24) is 5.32 Å². The SMILES string of the molecule is Cc1ccc(CNC(=O)Nc2cccc(NC(=O)OCC(C)C)c2)cc1. The lowest BCUT2D eigenvalue weighted by Gasteiger charge is -2.11. The number of hydrogen-bond donors (Lipinski definition) is 3. The first kappa shape index (κ1) is 19.3. The zero-order valence-corrected chi connectivity index (χ0v) is 15.3. The highest BCUT2D eigenvalue weighted by atomic mass is 16.5. The molecule has 6 heteroatoms. The van der Waals surface area contributed by atoms with Gasteiger partial charge in [0.1, 0.15) is 0 Å². The van der Waals surface area contributed by atoms with E-state index >= 15 is 0 Å². The van der Waals surface area contributed by atoms with Crippen LogP contribution in [0, 0.1) is 12.8 Å². The third-order valence-electron chi connectivity index (χ3n) is 3.49. The minimum atomic E-state index is -0.514. The lowest BCUT2D eigenvalue weighted by Crippen LogP contribution is -2.28. The van der Waals surface area contributed by atoms with Crippen LogP contribution in [0.4, 0.5) is 21.0 Å². The predicted octanol–water partition coefficient (Wildman–Crippen LogP) is 4.52. The van der Waals surface area contributed by atoms with Crippen molar-refractivity contribution in [3.05, 3.63) is 59.7 Å². The Labute approximate surface area is 153 Å². The predicted molar refractivity (Wildman–Crippen MR) is 103 cm³/mol. The first-order valence-electron chi connectivity index (χ1n) is 8.56. The molecule has 0 heterocycles. The minimum absolute atomic E-state index is 0.269. The maximum atomic E-state index is 12.0. The minimum Gasteiger partial charge on any atom is -0.449 e. The van der Waals surface area contributed by atoms with E-state index in [1.807, 2.05) is 45.0 Å². The van der Waals surface area contributed by atoms with Crippen molar-refractivity contribution >= 4 is 23.5 Å². The number of amides is 3. The molecule has 138 valence electrons. The molecule has 0 bridgehead atoms. The molecule has 3 N–H and O–H groups in total. The van der Waals surface area contributed by atoms with Gasteiger partial charge in [-0.15, -0.1) is 0 Å². The summed E-state index contributed by atoms with van der Waals surface area (Å²) in [4.78, 5) is 23.7. The highest BCUT2D eigenvalue weighted by molar-refractivity contribution is 5.91. The molecule has 0 spiro atoms. The lowest BCUT2D eigenvalue weighted by atomic mass is 10.1. The number of carbonyl (C=O) groups excluding carboxylic acids is 2. The van der Waals surface area contributed by atoms with E-state index in [-0.39, 0.29) is 11.9 Å². The fourth-order valence-electron chi connectivity index (χ4n) is 2.13. The maximum Gasteiger partial charge on any atom is 0.411 e. The Balaban J connectivity index is 1.84. The van der Waals surface area contributed by atoms with E-state index in [1.165, 1.54) is 5.56 Å². The number of benzene rings is 2. The summed E-state index contributed by atoms with van der Waals surface area (Å²) in [5, 5.41) is 8.18. The number of rotatable bonds is 6. The smallest absolute Gasteiger partial charge is 0.411 e. The number of urea groups is 1. The monoisotopic (exact) mass is 355 g/mol. The number of nitrogens with one attached hydrogen (secondary N) is 3. The average molecular weight is 355 g/mol. The fourth-order valence-corrected chi connectivity index (χ4v) is 2.13. The molecule has 2 aromatic rings. The van der Waals surface area contributed by atoms with Crippen LogP contribution in [0.5, 0.6) is 0 Å². The summed E-state index contributed by atoms with van der Waals surface area (Å²) in [5.74, 6) is 0.269. The van der Waals surface area contributed by atoms with Crippen LogP contribution in [0.1, 0.15) is 25.0 Å². The van der Waals surface area contributed by atoms with Crippen LogP contribution in [0.15, 0.2) is 48.5 Å². The molecule has 0 fully saturated rings. The van der Waals surface area contributed by atoms with E-state index in [1.54, 1.807) is 24.3 Å². The van der Waals surface area contributed by atoms with Gasteiger partial charge in [0.25, 0.3) is 0 Å². The van der Waals surface area contributed by atoms with Crippen LogP contribution >= 0.6 is 0 Å². The summed E-state index contributed by atoms with van der Waals surface area (Å²) in [5.41, 5.74) is 3.33. The summed E-state index contributed by atoms with van der Waals surface area (Å²) >= 11 is 0. The summed E-state index contributed by atoms with van der Waals surface area (Å²) < 4.78 is 5.07. The topological polar surface area (TPSA) is 79.5 Å². The molecule has 26 heavy (non-hydrogen) atoms. The molecule has 3 amide bonds. The van der Waals surface area contributed by atoms with Gasteiger partial charge in [0.05, 0.1) is 6.61 Å². The molecule has 0 atom stereocenters. The summed E-state index contributed by atoms with van der Waals surface area (Å²) in [6.07, 6.45) is -0.514. The van der Waals surface area contributed by atoms with Crippen molar-refractivity contribution in [2.75, 3.05) is 17.2 Å². The van der Waals surface area contributed by atoms with E-state index in [9.17, 15) is 9.59 Å². The largest absolute Gasteiger partial charge is 0.449 e. The second-order valence-corrected chi connectivity index (χ2v) is 6.49. The summed E-state index contributed by atoms with van der Waals surface area (Å²) in [6.45, 7) is 6.74. The molecule has 2 aromatic carbocycles. The van der Waals surface area contributed by atoms with Gasteiger partial charge in [-0.1, -0.05) is 49.7 Å². The third-order valence-corrected chi connectivity index (χ3v) is 3.49. The normalized spacial score (nSPS) is 10.3. The van der Waals surface area contributed by atoms with Gasteiger partial charge in [-0.3, -0.25) is 5.32 Å². The van der Waals surface area contributed by atoms with E-state index in [2.05, 4.69) is 16.0 Å². The lowest BCUT2D eigenvalue weighted by molar-refractivity contribution is 0.147. The van der Waals surface area contributed by atoms with Crippen molar-refractivity contribution in [3.63, 3.8) is 0 Å². The molecular formula is C20H25N3O3. The Morgan fingerprint density at radius 2 is 1.65 bits per heavy atom. The first-order chi connectivity index (χ1) is 12.4.